The molecule has 0 aliphatic carbocycles. The van der Waals surface area contributed by atoms with Crippen LogP contribution in [0.3, 0.4) is 0 Å². The van der Waals surface area contributed by atoms with E-state index in [4.69, 9.17) is 0 Å². The fourth-order valence-electron chi connectivity index (χ4n) is 3.67. The normalized spacial score (nSPS) is 16.7. The van der Waals surface area contributed by atoms with Crippen molar-refractivity contribution in [3.8, 4) is 0 Å². The number of carbonyl (C=O) groups is 2. The highest BCUT2D eigenvalue weighted by Crippen LogP contribution is 2.26. The maximum atomic E-state index is 11.8. The number of aliphatic hydroxyl groups excluding tert-OH is 1. The van der Waals surface area contributed by atoms with Crippen LogP contribution in [-0.2, 0) is 9.59 Å². The van der Waals surface area contributed by atoms with Crippen molar-refractivity contribution in [2.24, 2.45) is 0 Å². The van der Waals surface area contributed by atoms with Gasteiger partial charge in [-0.1, -0.05) is 26.0 Å². The molecule has 0 amide bonds. The third-order valence-electron chi connectivity index (χ3n) is 4.78. The molecule has 0 heterocycles. The number of quaternary nitrogens is 1. The van der Waals surface area contributed by atoms with Gasteiger partial charge in [-0.15, -0.1) is 0 Å². The molecule has 0 saturated carbocycles. The number of aliphatic carboxylic acids is 2. The Morgan fingerprint density at radius 1 is 0.958 bits per heavy atom. The monoisotopic (exact) mass is 344 g/mol. The van der Waals surface area contributed by atoms with Crippen LogP contribution in [0, 0.1) is 0 Å². The molecule has 2 atom stereocenters. The van der Waals surface area contributed by atoms with Crippen molar-refractivity contribution in [1.29, 1.82) is 0 Å². The van der Waals surface area contributed by atoms with E-state index >= 15 is 0 Å². The van der Waals surface area contributed by atoms with Crippen LogP contribution in [-0.4, -0.2) is 63.5 Å². The van der Waals surface area contributed by atoms with Crippen LogP contribution in [0.1, 0.15) is 59.3 Å². The lowest BCUT2D eigenvalue weighted by molar-refractivity contribution is -0.959. The van der Waals surface area contributed by atoms with E-state index in [0.29, 0.717) is 19.4 Å². The zero-order chi connectivity index (χ0) is 18.6. The second-order valence-electron chi connectivity index (χ2n) is 6.22. The predicted octanol–water partition coefficient (Wildman–Crippen LogP) is 2.66. The van der Waals surface area contributed by atoms with Crippen LogP contribution < -0.4 is 0 Å². The summed E-state index contributed by atoms with van der Waals surface area (Å²) >= 11 is 0. The highest BCUT2D eigenvalue weighted by atomic mass is 16.4. The Balaban J connectivity index is 5.41. The van der Waals surface area contributed by atoms with Gasteiger partial charge in [-0.2, -0.15) is 0 Å². The fraction of sp³-hybridized carbons (Fsp3) is 0.778. The fourth-order valence-corrected chi connectivity index (χ4v) is 3.67. The standard InChI is InChI=1S/C18H33NO5/c1-4-7-8-9-10-11-12-19(13-14-20,15(5-2)17(21)22)16(6-3)18(23)24/h4,7,15-16,20H,5-6,8-14H2,1-3H3,(H-,21,22,23,24)/p+1/b7-4+. The minimum atomic E-state index is -0.987. The van der Waals surface area contributed by atoms with Gasteiger partial charge in [-0.25, -0.2) is 9.59 Å². The number of unbranched alkanes of at least 4 members (excludes halogenated alkanes) is 3. The molecule has 0 saturated heterocycles. The highest BCUT2D eigenvalue weighted by molar-refractivity contribution is 5.75. The first-order valence-electron chi connectivity index (χ1n) is 8.95. The number of carboxylic acid groups (broad SMARTS) is 2. The third kappa shape index (κ3) is 6.24. The second kappa shape index (κ2) is 12.0. The average Bonchev–Trinajstić information content (AvgIpc) is 2.51. The number of hydrogen-bond acceptors (Lipinski definition) is 3. The van der Waals surface area contributed by atoms with Crippen molar-refractivity contribution in [3.05, 3.63) is 12.2 Å². The van der Waals surface area contributed by atoms with Crippen molar-refractivity contribution in [3.63, 3.8) is 0 Å². The van der Waals surface area contributed by atoms with Crippen LogP contribution in [0.4, 0.5) is 0 Å². The maximum Gasteiger partial charge on any atom is 0.362 e. The molecule has 140 valence electrons. The van der Waals surface area contributed by atoms with Gasteiger partial charge in [0.15, 0.2) is 12.1 Å². The van der Waals surface area contributed by atoms with Gasteiger partial charge in [-0.3, -0.25) is 4.48 Å². The third-order valence-corrected chi connectivity index (χ3v) is 4.78. The van der Waals surface area contributed by atoms with Gasteiger partial charge in [0.05, 0.1) is 13.2 Å². The quantitative estimate of drug-likeness (QED) is 0.256. The minimum absolute atomic E-state index is 0.0716. The summed E-state index contributed by atoms with van der Waals surface area (Å²) in [6.07, 6.45) is 8.43. The SMILES string of the molecule is C/C=C/CCCCC[N+](CCO)(C(CC)C(=O)O)C(CC)C(=O)O. The molecule has 0 rings (SSSR count). The number of allylic oxidation sites excluding steroid dienone is 2. The van der Waals surface area contributed by atoms with E-state index in [-0.39, 0.29) is 17.6 Å². The zero-order valence-corrected chi connectivity index (χ0v) is 15.3. The molecule has 0 bridgehead atoms. The average molecular weight is 344 g/mol. The van der Waals surface area contributed by atoms with Crippen molar-refractivity contribution in [2.75, 3.05) is 19.7 Å². The van der Waals surface area contributed by atoms with Crippen LogP contribution in [0.5, 0.6) is 0 Å². The van der Waals surface area contributed by atoms with Gasteiger partial charge in [0.1, 0.15) is 6.54 Å². The van der Waals surface area contributed by atoms with E-state index in [2.05, 4.69) is 6.08 Å². The molecule has 6 nitrogen and oxygen atoms in total. The van der Waals surface area contributed by atoms with Crippen molar-refractivity contribution >= 4 is 11.9 Å². The van der Waals surface area contributed by atoms with Crippen LogP contribution >= 0.6 is 0 Å². The van der Waals surface area contributed by atoms with Crippen molar-refractivity contribution in [1.82, 2.24) is 0 Å². The van der Waals surface area contributed by atoms with E-state index in [1.54, 1.807) is 13.8 Å². The lowest BCUT2D eigenvalue weighted by Crippen LogP contribution is -2.67. The Morgan fingerprint density at radius 3 is 1.88 bits per heavy atom. The summed E-state index contributed by atoms with van der Waals surface area (Å²) < 4.78 is -0.0716. The Bertz CT molecular complexity index is 386. The van der Waals surface area contributed by atoms with Gasteiger partial charge >= 0.3 is 11.9 Å². The first-order valence-corrected chi connectivity index (χ1v) is 8.95. The number of hydrogen-bond donors (Lipinski definition) is 3. The lowest BCUT2D eigenvalue weighted by atomic mass is 9.99. The van der Waals surface area contributed by atoms with Crippen molar-refractivity contribution in [2.45, 2.75) is 71.4 Å². The summed E-state index contributed by atoms with van der Waals surface area (Å²) in [7, 11) is 0. The molecule has 0 aliphatic heterocycles. The summed E-state index contributed by atoms with van der Waals surface area (Å²) in [5, 5.41) is 28.8. The van der Waals surface area contributed by atoms with Gasteiger partial charge in [0, 0.05) is 12.8 Å². The molecule has 0 fully saturated rings. The Kier molecular flexibility index (Phi) is 11.3. The minimum Gasteiger partial charge on any atom is -0.477 e. The maximum absolute atomic E-state index is 11.8. The van der Waals surface area contributed by atoms with Crippen LogP contribution in [0.15, 0.2) is 12.2 Å². The summed E-state index contributed by atoms with van der Waals surface area (Å²) in [5.74, 6) is -1.97. The van der Waals surface area contributed by atoms with E-state index in [9.17, 15) is 24.9 Å². The molecule has 0 spiro atoms. The molecule has 24 heavy (non-hydrogen) atoms. The largest absolute Gasteiger partial charge is 0.477 e. The smallest absolute Gasteiger partial charge is 0.362 e. The van der Waals surface area contributed by atoms with Crippen LogP contribution in [0.2, 0.25) is 0 Å². The van der Waals surface area contributed by atoms with E-state index in [1.165, 1.54) is 0 Å². The Morgan fingerprint density at radius 2 is 1.50 bits per heavy atom. The number of carboxylic acids is 2. The summed E-state index contributed by atoms with van der Waals surface area (Å²) in [6.45, 7) is 5.91. The number of rotatable bonds is 14. The van der Waals surface area contributed by atoms with Gasteiger partial charge in [-0.05, 0) is 32.6 Å². The Labute approximate surface area is 145 Å². The molecule has 6 heteroatoms. The van der Waals surface area contributed by atoms with Crippen LogP contribution in [0.25, 0.3) is 0 Å². The van der Waals surface area contributed by atoms with Gasteiger partial charge < -0.3 is 15.3 Å². The molecule has 0 radical (unpaired) electrons. The summed E-state index contributed by atoms with van der Waals surface area (Å²) in [4.78, 5) is 23.5. The molecule has 0 aromatic carbocycles. The van der Waals surface area contributed by atoms with E-state index < -0.39 is 24.0 Å². The first kappa shape index (κ1) is 22.6. The second-order valence-corrected chi connectivity index (χ2v) is 6.22. The molecule has 0 aromatic rings. The van der Waals surface area contributed by atoms with Crippen molar-refractivity contribution < 1.29 is 29.4 Å². The summed E-state index contributed by atoms with van der Waals surface area (Å²) in [5.41, 5.74) is 0. The predicted molar refractivity (Wildman–Crippen MR) is 93.8 cm³/mol. The van der Waals surface area contributed by atoms with E-state index in [0.717, 1.165) is 25.7 Å². The molecule has 0 aliphatic rings. The molecular formula is C18H34NO5+. The zero-order valence-electron chi connectivity index (χ0n) is 15.3. The molecule has 3 N–H and O–H groups in total. The number of nitrogens with zero attached hydrogens (tertiary/aromatic N) is 1. The molecule has 2 unspecified atom stereocenters. The Hall–Kier alpha value is -1.40. The topological polar surface area (TPSA) is 94.8 Å². The summed E-state index contributed by atoms with van der Waals surface area (Å²) in [6, 6.07) is -1.62. The lowest BCUT2D eigenvalue weighted by Gasteiger charge is -2.46. The van der Waals surface area contributed by atoms with Gasteiger partial charge in [0.2, 0.25) is 0 Å². The molecular weight excluding hydrogens is 310 g/mol. The first-order chi connectivity index (χ1) is 11.4. The number of aliphatic hydroxyl groups is 1. The highest BCUT2D eigenvalue weighted by Gasteiger charge is 2.48. The van der Waals surface area contributed by atoms with Gasteiger partial charge in [0.25, 0.3) is 0 Å². The molecule has 0 aromatic heterocycles. The van der Waals surface area contributed by atoms with E-state index in [1.807, 2.05) is 13.0 Å².